The van der Waals surface area contributed by atoms with E-state index in [2.05, 4.69) is 5.32 Å². The van der Waals surface area contributed by atoms with Gasteiger partial charge in [0.1, 0.15) is 6.61 Å². The lowest BCUT2D eigenvalue weighted by atomic mass is 10.1. The third-order valence-electron chi connectivity index (χ3n) is 3.68. The molecule has 0 fully saturated rings. The Hall–Kier alpha value is -3.35. The summed E-state index contributed by atoms with van der Waals surface area (Å²) in [6.07, 6.45) is 0. The van der Waals surface area contributed by atoms with Gasteiger partial charge in [-0.05, 0) is 29.8 Å². The van der Waals surface area contributed by atoms with Gasteiger partial charge in [-0.1, -0.05) is 30.3 Å². The van der Waals surface area contributed by atoms with Crippen LogP contribution in [0.5, 0.6) is 5.75 Å². The van der Waals surface area contributed by atoms with E-state index in [4.69, 9.17) is 4.74 Å². The third kappa shape index (κ3) is 4.25. The summed E-state index contributed by atoms with van der Waals surface area (Å²) >= 11 is 0. The van der Waals surface area contributed by atoms with Gasteiger partial charge < -0.3 is 10.1 Å². The maximum atomic E-state index is 13.6. The quantitative estimate of drug-likeness (QED) is 0.499. The van der Waals surface area contributed by atoms with Crippen LogP contribution in [0.3, 0.4) is 0 Å². The summed E-state index contributed by atoms with van der Waals surface area (Å²) in [7, 11) is 0. The molecule has 3 rings (SSSR count). The van der Waals surface area contributed by atoms with Gasteiger partial charge in [0.15, 0.2) is 17.4 Å². The molecule has 0 atom stereocenters. The minimum Gasteiger partial charge on any atom is -0.483 e. The molecular weight excluding hydrogens is 362 g/mol. The number of para-hydroxylation sites is 1. The number of hydrogen-bond acceptors (Lipinski definition) is 2. The van der Waals surface area contributed by atoms with Crippen LogP contribution >= 0.6 is 0 Å². The molecule has 0 aliphatic heterocycles. The van der Waals surface area contributed by atoms with Crippen molar-refractivity contribution in [1.29, 1.82) is 0 Å². The molecule has 0 aliphatic carbocycles. The zero-order valence-corrected chi connectivity index (χ0v) is 13.8. The lowest BCUT2D eigenvalue weighted by Gasteiger charge is -2.11. The van der Waals surface area contributed by atoms with Crippen LogP contribution in [0, 0.1) is 23.3 Å². The molecule has 3 nitrogen and oxygen atoms in total. The number of halogens is 4. The SMILES string of the molecule is O=C(Nc1ccccc1)c1cccc(COc2c(F)c(F)cc(F)c2F)c1. The molecule has 3 aromatic rings. The Morgan fingerprint density at radius 1 is 0.852 bits per heavy atom. The van der Waals surface area contributed by atoms with Gasteiger partial charge in [0.05, 0.1) is 0 Å². The molecule has 0 unspecified atom stereocenters. The Balaban J connectivity index is 1.74. The second-order valence-electron chi connectivity index (χ2n) is 5.61. The van der Waals surface area contributed by atoms with Crippen LogP contribution in [0.4, 0.5) is 23.2 Å². The van der Waals surface area contributed by atoms with Crippen LogP contribution in [0.1, 0.15) is 15.9 Å². The first-order valence-electron chi connectivity index (χ1n) is 7.87. The highest BCUT2D eigenvalue weighted by molar-refractivity contribution is 6.04. The zero-order chi connectivity index (χ0) is 19.4. The predicted octanol–water partition coefficient (Wildman–Crippen LogP) is 5.07. The molecule has 7 heteroatoms. The number of benzene rings is 3. The van der Waals surface area contributed by atoms with E-state index in [1.54, 1.807) is 48.5 Å². The Labute approximate surface area is 152 Å². The van der Waals surface area contributed by atoms with Gasteiger partial charge in [-0.3, -0.25) is 4.79 Å². The molecule has 0 saturated carbocycles. The van der Waals surface area contributed by atoms with Crippen molar-refractivity contribution >= 4 is 11.6 Å². The van der Waals surface area contributed by atoms with E-state index in [1.165, 1.54) is 6.07 Å². The van der Waals surface area contributed by atoms with Crippen molar-refractivity contribution in [2.24, 2.45) is 0 Å². The normalized spacial score (nSPS) is 10.5. The van der Waals surface area contributed by atoms with Gasteiger partial charge in [0, 0.05) is 17.3 Å². The first-order chi connectivity index (χ1) is 13.0. The van der Waals surface area contributed by atoms with Crippen LogP contribution in [0.25, 0.3) is 0 Å². The van der Waals surface area contributed by atoms with E-state index in [1.807, 2.05) is 0 Å². The summed E-state index contributed by atoms with van der Waals surface area (Å²) in [4.78, 5) is 12.3. The largest absolute Gasteiger partial charge is 0.483 e. The van der Waals surface area contributed by atoms with Crippen LogP contribution in [-0.4, -0.2) is 5.91 Å². The highest BCUT2D eigenvalue weighted by Gasteiger charge is 2.20. The monoisotopic (exact) mass is 375 g/mol. The molecule has 27 heavy (non-hydrogen) atoms. The molecule has 0 aliphatic rings. The molecule has 0 radical (unpaired) electrons. The maximum absolute atomic E-state index is 13.6. The minimum atomic E-state index is -1.62. The molecule has 1 amide bonds. The number of rotatable bonds is 5. The summed E-state index contributed by atoms with van der Waals surface area (Å²) in [5.74, 6) is -7.89. The topological polar surface area (TPSA) is 38.3 Å². The molecular formula is C20H13F4NO2. The fraction of sp³-hybridized carbons (Fsp3) is 0.0500. The highest BCUT2D eigenvalue weighted by Crippen LogP contribution is 2.27. The van der Waals surface area contributed by atoms with Crippen molar-refractivity contribution < 1.29 is 27.1 Å². The molecule has 0 spiro atoms. The number of carbonyl (C=O) groups excluding carboxylic acids is 1. The Kier molecular flexibility index (Phi) is 5.40. The van der Waals surface area contributed by atoms with E-state index in [9.17, 15) is 22.4 Å². The van der Waals surface area contributed by atoms with Crippen LogP contribution in [0.2, 0.25) is 0 Å². The smallest absolute Gasteiger partial charge is 0.255 e. The first-order valence-corrected chi connectivity index (χ1v) is 7.87. The van der Waals surface area contributed by atoms with Crippen molar-refractivity contribution in [2.75, 3.05) is 5.32 Å². The molecule has 0 saturated heterocycles. The van der Waals surface area contributed by atoms with Gasteiger partial charge in [0.25, 0.3) is 5.91 Å². The highest BCUT2D eigenvalue weighted by atomic mass is 19.2. The summed E-state index contributed by atoms with van der Waals surface area (Å²) in [6, 6.07) is 15.0. The minimum absolute atomic E-state index is 0.103. The summed E-state index contributed by atoms with van der Waals surface area (Å²) in [6.45, 7) is -0.386. The van der Waals surface area contributed by atoms with Crippen molar-refractivity contribution in [3.8, 4) is 5.75 Å². The van der Waals surface area contributed by atoms with E-state index in [0.29, 0.717) is 11.3 Å². The summed E-state index contributed by atoms with van der Waals surface area (Å²) < 4.78 is 58.6. The number of carbonyl (C=O) groups is 1. The van der Waals surface area contributed by atoms with Crippen molar-refractivity contribution in [3.05, 3.63) is 95.1 Å². The lowest BCUT2D eigenvalue weighted by Crippen LogP contribution is -2.12. The van der Waals surface area contributed by atoms with Crippen LogP contribution in [0.15, 0.2) is 60.7 Å². The Morgan fingerprint density at radius 3 is 2.19 bits per heavy atom. The summed E-state index contributed by atoms with van der Waals surface area (Å²) in [5, 5.41) is 2.69. The van der Waals surface area contributed by atoms with Crippen LogP contribution < -0.4 is 10.1 Å². The average molecular weight is 375 g/mol. The van der Waals surface area contributed by atoms with Gasteiger partial charge in [-0.15, -0.1) is 0 Å². The number of ether oxygens (including phenoxy) is 1. The number of anilines is 1. The van der Waals surface area contributed by atoms with Crippen molar-refractivity contribution in [2.45, 2.75) is 6.61 Å². The standard InChI is InChI=1S/C20H13F4NO2/c21-15-10-16(22)18(24)19(17(15)23)27-11-12-5-4-6-13(9-12)20(26)25-14-7-2-1-3-8-14/h1-10H,11H2,(H,25,26). The van der Waals surface area contributed by atoms with E-state index in [-0.39, 0.29) is 18.2 Å². The van der Waals surface area contributed by atoms with Gasteiger partial charge in [0.2, 0.25) is 11.6 Å². The molecule has 1 N–H and O–H groups in total. The number of amides is 1. The fourth-order valence-corrected chi connectivity index (χ4v) is 2.36. The predicted molar refractivity (Wildman–Crippen MR) is 91.4 cm³/mol. The van der Waals surface area contributed by atoms with E-state index in [0.717, 1.165) is 0 Å². The van der Waals surface area contributed by atoms with E-state index < -0.39 is 34.9 Å². The second-order valence-corrected chi connectivity index (χ2v) is 5.61. The zero-order valence-electron chi connectivity index (χ0n) is 13.8. The molecule has 0 bridgehead atoms. The molecule has 138 valence electrons. The van der Waals surface area contributed by atoms with Crippen molar-refractivity contribution in [1.82, 2.24) is 0 Å². The fourth-order valence-electron chi connectivity index (χ4n) is 2.36. The first kappa shape index (κ1) is 18.4. The van der Waals surface area contributed by atoms with E-state index >= 15 is 0 Å². The molecule has 3 aromatic carbocycles. The van der Waals surface area contributed by atoms with Gasteiger partial charge in [-0.2, -0.15) is 8.78 Å². The molecule has 0 aromatic heterocycles. The second kappa shape index (κ2) is 7.90. The number of hydrogen-bond donors (Lipinski definition) is 1. The number of nitrogens with one attached hydrogen (secondary N) is 1. The van der Waals surface area contributed by atoms with Crippen LogP contribution in [-0.2, 0) is 6.61 Å². The van der Waals surface area contributed by atoms with Gasteiger partial charge >= 0.3 is 0 Å². The maximum Gasteiger partial charge on any atom is 0.255 e. The average Bonchev–Trinajstić information content (AvgIpc) is 2.67. The van der Waals surface area contributed by atoms with Crippen molar-refractivity contribution in [3.63, 3.8) is 0 Å². The Bertz CT molecular complexity index is 951. The summed E-state index contributed by atoms with van der Waals surface area (Å²) in [5.41, 5.74) is 1.27. The Morgan fingerprint density at radius 2 is 1.52 bits per heavy atom. The van der Waals surface area contributed by atoms with Gasteiger partial charge in [-0.25, -0.2) is 8.78 Å². The molecule has 0 heterocycles. The lowest BCUT2D eigenvalue weighted by molar-refractivity contribution is 0.102. The third-order valence-corrected chi connectivity index (χ3v) is 3.68.